The van der Waals surface area contributed by atoms with Crippen LogP contribution < -0.4 is 9.80 Å². The van der Waals surface area contributed by atoms with Crippen LogP contribution in [0.5, 0.6) is 0 Å². The van der Waals surface area contributed by atoms with E-state index in [1.807, 2.05) is 31.1 Å². The lowest BCUT2D eigenvalue weighted by Crippen LogP contribution is -2.51. The zero-order valence-corrected chi connectivity index (χ0v) is 16.2. The van der Waals surface area contributed by atoms with Gasteiger partial charge in [-0.25, -0.2) is 13.4 Å². The predicted octanol–water partition coefficient (Wildman–Crippen LogP) is 0.821. The summed E-state index contributed by atoms with van der Waals surface area (Å²) in [6, 6.07) is 10.3. The molecule has 0 spiro atoms. The van der Waals surface area contributed by atoms with Gasteiger partial charge >= 0.3 is 0 Å². The molecule has 2 atom stereocenters. The fourth-order valence-electron chi connectivity index (χ4n) is 3.59. The highest BCUT2D eigenvalue weighted by Crippen LogP contribution is 2.30. The minimum atomic E-state index is -3.54. The van der Waals surface area contributed by atoms with Gasteiger partial charge in [0.05, 0.1) is 23.6 Å². The molecule has 0 unspecified atom stereocenters. The first kappa shape index (κ1) is 18.1. The van der Waals surface area contributed by atoms with Crippen LogP contribution in [0.2, 0.25) is 0 Å². The van der Waals surface area contributed by atoms with Gasteiger partial charge in [-0.05, 0) is 18.2 Å². The Morgan fingerprint density at radius 3 is 2.67 bits per heavy atom. The molecular formula is C18H23N5O3S. The molecule has 1 aromatic heterocycles. The van der Waals surface area contributed by atoms with Gasteiger partial charge in [0.2, 0.25) is 16.0 Å². The fraction of sp³-hybridized carbons (Fsp3) is 0.444. The number of fused-ring (bicyclic) bond motifs is 1. The molecule has 0 N–H and O–H groups in total. The summed E-state index contributed by atoms with van der Waals surface area (Å²) in [5.41, 5.74) is 0. The fourth-order valence-corrected chi connectivity index (χ4v) is 5.08. The van der Waals surface area contributed by atoms with Gasteiger partial charge in [0.1, 0.15) is 5.82 Å². The Kier molecular flexibility index (Phi) is 4.75. The Labute approximate surface area is 159 Å². The van der Waals surface area contributed by atoms with E-state index < -0.39 is 10.0 Å². The normalized spacial score (nSPS) is 23.3. The van der Waals surface area contributed by atoms with Gasteiger partial charge in [-0.3, -0.25) is 0 Å². The van der Waals surface area contributed by atoms with E-state index in [1.54, 1.807) is 30.5 Å². The third kappa shape index (κ3) is 3.38. The highest BCUT2D eigenvalue weighted by Gasteiger charge is 2.45. The molecule has 2 aromatic rings. The van der Waals surface area contributed by atoms with Crippen molar-refractivity contribution >= 4 is 21.8 Å². The molecule has 1 aromatic carbocycles. The minimum absolute atomic E-state index is 0.0675. The first-order chi connectivity index (χ1) is 13.0. The monoisotopic (exact) mass is 389 g/mol. The van der Waals surface area contributed by atoms with Crippen LogP contribution in [0.25, 0.3) is 0 Å². The van der Waals surface area contributed by atoms with Crippen molar-refractivity contribution in [3.05, 3.63) is 42.6 Å². The topological polar surface area (TPSA) is 78.9 Å². The molecule has 2 saturated heterocycles. The van der Waals surface area contributed by atoms with Crippen molar-refractivity contribution in [2.75, 3.05) is 50.1 Å². The maximum absolute atomic E-state index is 13.0. The van der Waals surface area contributed by atoms with E-state index in [-0.39, 0.29) is 12.1 Å². The van der Waals surface area contributed by atoms with Crippen LogP contribution in [-0.2, 0) is 14.8 Å². The van der Waals surface area contributed by atoms with Gasteiger partial charge in [-0.15, -0.1) is 0 Å². The van der Waals surface area contributed by atoms with Gasteiger partial charge in [-0.1, -0.05) is 18.2 Å². The summed E-state index contributed by atoms with van der Waals surface area (Å²) >= 11 is 0. The molecule has 0 saturated carbocycles. The molecule has 8 nitrogen and oxygen atoms in total. The first-order valence-electron chi connectivity index (χ1n) is 8.90. The Balaban J connectivity index is 1.60. The molecule has 3 heterocycles. The second-order valence-corrected chi connectivity index (χ2v) is 8.85. The maximum atomic E-state index is 13.0. The highest BCUT2D eigenvalue weighted by atomic mass is 32.2. The maximum Gasteiger partial charge on any atom is 0.243 e. The highest BCUT2D eigenvalue weighted by molar-refractivity contribution is 7.89. The van der Waals surface area contributed by atoms with Crippen LogP contribution in [0.15, 0.2) is 47.5 Å². The average molecular weight is 389 g/mol. The van der Waals surface area contributed by atoms with Crippen LogP contribution in [0, 0.1) is 0 Å². The van der Waals surface area contributed by atoms with Crippen LogP contribution in [0.3, 0.4) is 0 Å². The van der Waals surface area contributed by atoms with Crippen molar-refractivity contribution in [2.24, 2.45) is 0 Å². The van der Waals surface area contributed by atoms with Gasteiger partial charge in [0.15, 0.2) is 0 Å². The molecule has 4 rings (SSSR count). The van der Waals surface area contributed by atoms with E-state index in [0.717, 1.165) is 5.82 Å². The van der Waals surface area contributed by atoms with E-state index in [0.29, 0.717) is 37.1 Å². The molecule has 27 heavy (non-hydrogen) atoms. The van der Waals surface area contributed by atoms with Gasteiger partial charge in [-0.2, -0.15) is 9.29 Å². The van der Waals surface area contributed by atoms with Gasteiger partial charge in [0.25, 0.3) is 0 Å². The molecule has 144 valence electrons. The second-order valence-electron chi connectivity index (χ2n) is 6.91. The van der Waals surface area contributed by atoms with Crippen LogP contribution >= 0.6 is 0 Å². The lowest BCUT2D eigenvalue weighted by molar-refractivity contribution is 0.0328. The summed E-state index contributed by atoms with van der Waals surface area (Å²) in [7, 11) is 0.249. The third-order valence-corrected chi connectivity index (χ3v) is 6.82. The Bertz CT molecular complexity index is 906. The van der Waals surface area contributed by atoms with E-state index in [4.69, 9.17) is 4.74 Å². The van der Waals surface area contributed by atoms with E-state index in [1.165, 1.54) is 4.31 Å². The quantitative estimate of drug-likeness (QED) is 0.766. The lowest BCUT2D eigenvalue weighted by atomic mass is 10.1. The summed E-state index contributed by atoms with van der Waals surface area (Å²) in [5, 5.41) is 0. The molecule has 2 aliphatic heterocycles. The van der Waals surface area contributed by atoms with E-state index >= 15 is 0 Å². The standard InChI is InChI=1S/C18H23N5O3S/c1-21(2)18-19-9-8-17(20-18)23-10-11-26-16-13-22(12-15(16)23)27(24,25)14-6-4-3-5-7-14/h3-9,15-16H,10-13H2,1-2H3/t15-,16+/m1/s1. The van der Waals surface area contributed by atoms with Crippen LogP contribution in [0.4, 0.5) is 11.8 Å². The number of benzene rings is 1. The second kappa shape index (κ2) is 7.06. The van der Waals surface area contributed by atoms with E-state index in [9.17, 15) is 8.42 Å². The number of rotatable bonds is 4. The van der Waals surface area contributed by atoms with Crippen molar-refractivity contribution in [3.63, 3.8) is 0 Å². The minimum Gasteiger partial charge on any atom is -0.373 e. The van der Waals surface area contributed by atoms with Crippen LogP contribution in [-0.4, -0.2) is 75.2 Å². The molecular weight excluding hydrogens is 366 g/mol. The molecule has 0 radical (unpaired) electrons. The summed E-state index contributed by atoms with van der Waals surface area (Å²) in [4.78, 5) is 13.2. The van der Waals surface area contributed by atoms with E-state index in [2.05, 4.69) is 14.9 Å². The summed E-state index contributed by atoms with van der Waals surface area (Å²) < 4.78 is 33.4. The van der Waals surface area contributed by atoms with Crippen molar-refractivity contribution in [1.29, 1.82) is 0 Å². The van der Waals surface area contributed by atoms with Crippen LogP contribution in [0.1, 0.15) is 0 Å². The molecule has 0 amide bonds. The Morgan fingerprint density at radius 2 is 1.93 bits per heavy atom. The van der Waals surface area contributed by atoms with Crippen molar-refractivity contribution in [2.45, 2.75) is 17.0 Å². The number of hydrogen-bond donors (Lipinski definition) is 0. The smallest absolute Gasteiger partial charge is 0.243 e. The molecule has 0 aliphatic carbocycles. The number of ether oxygens (including phenoxy) is 1. The third-order valence-electron chi connectivity index (χ3n) is 4.97. The summed E-state index contributed by atoms with van der Waals surface area (Å²) in [5.74, 6) is 1.42. The van der Waals surface area contributed by atoms with Crippen molar-refractivity contribution < 1.29 is 13.2 Å². The predicted molar refractivity (Wildman–Crippen MR) is 102 cm³/mol. The number of hydrogen-bond acceptors (Lipinski definition) is 7. The SMILES string of the molecule is CN(C)c1nccc(N2CCO[C@H]3CN(S(=O)(=O)c4ccccc4)C[C@H]32)n1. The Morgan fingerprint density at radius 1 is 1.15 bits per heavy atom. The van der Waals surface area contributed by atoms with Crippen molar-refractivity contribution in [3.8, 4) is 0 Å². The molecule has 2 aliphatic rings. The largest absolute Gasteiger partial charge is 0.373 e. The lowest BCUT2D eigenvalue weighted by Gasteiger charge is -2.37. The molecule has 2 fully saturated rings. The summed E-state index contributed by atoms with van der Waals surface area (Å²) in [6.45, 7) is 1.94. The van der Waals surface area contributed by atoms with Gasteiger partial charge in [0, 0.05) is 39.9 Å². The molecule has 0 bridgehead atoms. The summed E-state index contributed by atoms with van der Waals surface area (Å²) in [6.07, 6.45) is 1.56. The number of morpholine rings is 1. The first-order valence-corrected chi connectivity index (χ1v) is 10.3. The number of anilines is 2. The zero-order chi connectivity index (χ0) is 19.0. The van der Waals surface area contributed by atoms with Crippen molar-refractivity contribution in [1.82, 2.24) is 14.3 Å². The average Bonchev–Trinajstić information content (AvgIpc) is 3.14. The van der Waals surface area contributed by atoms with Gasteiger partial charge < -0.3 is 14.5 Å². The zero-order valence-electron chi connectivity index (χ0n) is 15.4. The number of aromatic nitrogens is 2. The number of nitrogens with zero attached hydrogens (tertiary/aromatic N) is 5. The number of sulfonamides is 1. The Hall–Kier alpha value is -2.23. The molecule has 9 heteroatoms.